The lowest BCUT2D eigenvalue weighted by Gasteiger charge is -2.31. The summed E-state index contributed by atoms with van der Waals surface area (Å²) in [5.74, 6) is -1.10. The molecule has 1 saturated heterocycles. The van der Waals surface area contributed by atoms with Crippen molar-refractivity contribution in [3.63, 3.8) is 0 Å². The number of ether oxygens (including phenoxy) is 1. The van der Waals surface area contributed by atoms with Crippen molar-refractivity contribution in [1.82, 2.24) is 9.47 Å². The van der Waals surface area contributed by atoms with Gasteiger partial charge < -0.3 is 19.3 Å². The van der Waals surface area contributed by atoms with E-state index in [2.05, 4.69) is 11.5 Å². The Morgan fingerprint density at radius 3 is 2.58 bits per heavy atom. The molecule has 1 aliphatic carbocycles. The molecule has 24 heavy (non-hydrogen) atoms. The first-order valence-corrected chi connectivity index (χ1v) is 8.81. The molecule has 1 N–H and O–H groups in total. The van der Waals surface area contributed by atoms with Gasteiger partial charge >= 0.3 is 5.97 Å². The SMILES string of the molecule is Cc1cc(C(=O)N2CCOC(C(=O)O)C2)c(C)n1C1CCCCC1. The number of nitrogens with zero attached hydrogens (tertiary/aromatic N) is 2. The van der Waals surface area contributed by atoms with Crippen LogP contribution in [0.15, 0.2) is 6.07 Å². The van der Waals surface area contributed by atoms with Crippen LogP contribution in [-0.2, 0) is 9.53 Å². The molecule has 132 valence electrons. The minimum absolute atomic E-state index is 0.0836. The van der Waals surface area contributed by atoms with Gasteiger partial charge in [-0.25, -0.2) is 4.79 Å². The van der Waals surface area contributed by atoms with Crippen LogP contribution in [0.2, 0.25) is 0 Å². The fourth-order valence-electron chi connectivity index (χ4n) is 4.05. The number of carbonyl (C=O) groups excluding carboxylic acids is 1. The van der Waals surface area contributed by atoms with E-state index in [9.17, 15) is 9.59 Å². The summed E-state index contributed by atoms with van der Waals surface area (Å²) < 4.78 is 7.52. The third-order valence-corrected chi connectivity index (χ3v) is 5.28. The molecule has 1 atom stereocenters. The average Bonchev–Trinajstić information content (AvgIpc) is 2.89. The predicted octanol–water partition coefficient (Wildman–Crippen LogP) is 2.54. The number of hydrogen-bond acceptors (Lipinski definition) is 3. The number of aryl methyl sites for hydroxylation is 1. The molecule has 1 aromatic heterocycles. The number of aromatic nitrogens is 1. The molecule has 1 amide bonds. The Balaban J connectivity index is 1.81. The number of carboxylic acid groups (broad SMARTS) is 1. The minimum Gasteiger partial charge on any atom is -0.479 e. The largest absolute Gasteiger partial charge is 0.479 e. The Labute approximate surface area is 142 Å². The van der Waals surface area contributed by atoms with Crippen LogP contribution in [0.1, 0.15) is 59.9 Å². The van der Waals surface area contributed by atoms with E-state index in [1.165, 1.54) is 32.1 Å². The second-order valence-corrected chi connectivity index (χ2v) is 6.90. The molecular formula is C18H26N2O4. The van der Waals surface area contributed by atoms with E-state index in [-0.39, 0.29) is 19.1 Å². The number of carbonyl (C=O) groups is 2. The van der Waals surface area contributed by atoms with E-state index in [0.717, 1.165) is 11.4 Å². The van der Waals surface area contributed by atoms with Crippen molar-refractivity contribution in [2.75, 3.05) is 19.7 Å². The van der Waals surface area contributed by atoms with E-state index >= 15 is 0 Å². The van der Waals surface area contributed by atoms with Gasteiger partial charge in [0.1, 0.15) is 0 Å². The van der Waals surface area contributed by atoms with Crippen molar-refractivity contribution in [3.8, 4) is 0 Å². The lowest BCUT2D eigenvalue weighted by Crippen LogP contribution is -2.48. The zero-order valence-corrected chi connectivity index (χ0v) is 14.5. The normalized spacial score (nSPS) is 22.6. The predicted molar refractivity (Wildman–Crippen MR) is 89.3 cm³/mol. The fourth-order valence-corrected chi connectivity index (χ4v) is 4.05. The van der Waals surface area contributed by atoms with Crippen LogP contribution in [0.4, 0.5) is 0 Å². The van der Waals surface area contributed by atoms with Gasteiger partial charge in [0, 0.05) is 24.0 Å². The summed E-state index contributed by atoms with van der Waals surface area (Å²) in [6.07, 6.45) is 5.20. The van der Waals surface area contributed by atoms with Crippen LogP contribution < -0.4 is 0 Å². The number of carboxylic acids is 1. The first-order chi connectivity index (χ1) is 11.5. The molecule has 1 unspecified atom stereocenters. The quantitative estimate of drug-likeness (QED) is 0.922. The first-order valence-electron chi connectivity index (χ1n) is 8.81. The topological polar surface area (TPSA) is 71.8 Å². The molecule has 1 aromatic rings. The average molecular weight is 334 g/mol. The summed E-state index contributed by atoms with van der Waals surface area (Å²) in [6, 6.07) is 2.44. The van der Waals surface area contributed by atoms with Crippen LogP contribution in [-0.4, -0.2) is 52.3 Å². The molecule has 0 spiro atoms. The Kier molecular flexibility index (Phi) is 4.94. The Morgan fingerprint density at radius 2 is 1.92 bits per heavy atom. The number of morpholine rings is 1. The second-order valence-electron chi connectivity index (χ2n) is 6.90. The lowest BCUT2D eigenvalue weighted by atomic mass is 9.95. The lowest BCUT2D eigenvalue weighted by molar-refractivity contribution is -0.154. The summed E-state index contributed by atoms with van der Waals surface area (Å²) in [4.78, 5) is 25.6. The summed E-state index contributed by atoms with van der Waals surface area (Å²) >= 11 is 0. The van der Waals surface area contributed by atoms with Crippen LogP contribution in [0.5, 0.6) is 0 Å². The van der Waals surface area contributed by atoms with Gasteiger partial charge in [-0.05, 0) is 32.8 Å². The standard InChI is InChI=1S/C18H26N2O4/c1-12-10-15(13(2)20(12)14-6-4-3-5-7-14)17(21)19-8-9-24-16(11-19)18(22)23/h10,14,16H,3-9,11H2,1-2H3,(H,22,23). The smallest absolute Gasteiger partial charge is 0.334 e. The molecule has 2 fully saturated rings. The van der Waals surface area contributed by atoms with Gasteiger partial charge in [0.2, 0.25) is 0 Å². The summed E-state index contributed by atoms with van der Waals surface area (Å²) in [5, 5.41) is 9.11. The van der Waals surface area contributed by atoms with E-state index in [0.29, 0.717) is 18.2 Å². The minimum atomic E-state index is -1.01. The van der Waals surface area contributed by atoms with Crippen molar-refractivity contribution in [2.45, 2.75) is 58.1 Å². The van der Waals surface area contributed by atoms with Crippen molar-refractivity contribution in [2.24, 2.45) is 0 Å². The van der Waals surface area contributed by atoms with E-state index in [1.54, 1.807) is 4.90 Å². The van der Waals surface area contributed by atoms with Crippen molar-refractivity contribution < 1.29 is 19.4 Å². The zero-order valence-electron chi connectivity index (χ0n) is 14.5. The van der Waals surface area contributed by atoms with E-state index in [4.69, 9.17) is 9.84 Å². The highest BCUT2D eigenvalue weighted by atomic mass is 16.5. The van der Waals surface area contributed by atoms with Crippen LogP contribution in [0, 0.1) is 13.8 Å². The summed E-state index contributed by atoms with van der Waals surface area (Å²) in [6.45, 7) is 4.88. The first kappa shape index (κ1) is 17.0. The van der Waals surface area contributed by atoms with Gasteiger partial charge in [0.05, 0.1) is 18.7 Å². The van der Waals surface area contributed by atoms with Gasteiger partial charge in [-0.3, -0.25) is 4.79 Å². The third-order valence-electron chi connectivity index (χ3n) is 5.28. The molecule has 2 aliphatic rings. The van der Waals surface area contributed by atoms with E-state index in [1.807, 2.05) is 13.0 Å². The molecule has 6 nitrogen and oxygen atoms in total. The Bertz CT molecular complexity index is 631. The number of aliphatic carboxylic acids is 1. The van der Waals surface area contributed by atoms with Crippen molar-refractivity contribution in [3.05, 3.63) is 23.0 Å². The fraction of sp³-hybridized carbons (Fsp3) is 0.667. The molecule has 1 saturated carbocycles. The van der Waals surface area contributed by atoms with E-state index < -0.39 is 12.1 Å². The monoisotopic (exact) mass is 334 g/mol. The number of rotatable bonds is 3. The van der Waals surface area contributed by atoms with Gasteiger partial charge in [-0.2, -0.15) is 0 Å². The van der Waals surface area contributed by atoms with Gasteiger partial charge in [-0.1, -0.05) is 19.3 Å². The number of amides is 1. The van der Waals surface area contributed by atoms with Crippen molar-refractivity contribution in [1.29, 1.82) is 0 Å². The molecular weight excluding hydrogens is 308 g/mol. The highest BCUT2D eigenvalue weighted by molar-refractivity contribution is 5.96. The Hall–Kier alpha value is -1.82. The van der Waals surface area contributed by atoms with Crippen LogP contribution in [0.3, 0.4) is 0 Å². The highest BCUT2D eigenvalue weighted by Gasteiger charge is 2.31. The van der Waals surface area contributed by atoms with Crippen LogP contribution in [0.25, 0.3) is 0 Å². The maximum atomic E-state index is 12.9. The molecule has 1 aliphatic heterocycles. The second kappa shape index (κ2) is 6.97. The number of hydrogen-bond donors (Lipinski definition) is 1. The highest BCUT2D eigenvalue weighted by Crippen LogP contribution is 2.32. The van der Waals surface area contributed by atoms with Gasteiger partial charge in [-0.15, -0.1) is 0 Å². The van der Waals surface area contributed by atoms with Gasteiger partial charge in [0.25, 0.3) is 5.91 Å². The van der Waals surface area contributed by atoms with Crippen molar-refractivity contribution >= 4 is 11.9 Å². The van der Waals surface area contributed by atoms with Crippen LogP contribution >= 0.6 is 0 Å². The molecule has 3 rings (SSSR count). The zero-order chi connectivity index (χ0) is 17.3. The summed E-state index contributed by atoms with van der Waals surface area (Å²) in [5.41, 5.74) is 2.82. The third kappa shape index (κ3) is 3.20. The molecule has 0 bridgehead atoms. The molecule has 2 heterocycles. The molecule has 6 heteroatoms. The maximum Gasteiger partial charge on any atom is 0.334 e. The van der Waals surface area contributed by atoms with Gasteiger partial charge in [0.15, 0.2) is 6.10 Å². The molecule has 0 radical (unpaired) electrons. The Morgan fingerprint density at radius 1 is 1.21 bits per heavy atom. The summed E-state index contributed by atoms with van der Waals surface area (Å²) in [7, 11) is 0. The molecule has 0 aromatic carbocycles. The maximum absolute atomic E-state index is 12.9.